The van der Waals surface area contributed by atoms with E-state index < -0.39 is 0 Å². The molecule has 3 atom stereocenters. The molecule has 2 bridgehead atoms. The molecule has 4 heterocycles. The van der Waals surface area contributed by atoms with Gasteiger partial charge in [0.25, 0.3) is 0 Å². The zero-order valence-electron chi connectivity index (χ0n) is 14.5. The number of hydrogen-bond acceptors (Lipinski definition) is 4. The van der Waals surface area contributed by atoms with Crippen molar-refractivity contribution in [3.8, 4) is 5.75 Å². The summed E-state index contributed by atoms with van der Waals surface area (Å²) in [5.74, 6) is 0.845. The van der Waals surface area contributed by atoms with Gasteiger partial charge in [0.05, 0.1) is 12.6 Å². The Morgan fingerprint density at radius 3 is 2.68 bits per heavy atom. The van der Waals surface area contributed by atoms with E-state index in [2.05, 4.69) is 10.2 Å². The Hall–Kier alpha value is -2.08. The Morgan fingerprint density at radius 2 is 2.00 bits per heavy atom. The molecule has 0 saturated carbocycles. The zero-order chi connectivity index (χ0) is 17.6. The third kappa shape index (κ3) is 2.88. The fraction of sp³-hybridized carbons (Fsp3) is 0.579. The van der Waals surface area contributed by atoms with Gasteiger partial charge in [-0.2, -0.15) is 0 Å². The highest BCUT2D eigenvalue weighted by atomic mass is 16.3. The lowest BCUT2D eigenvalue weighted by Crippen LogP contribution is -2.61. The fourth-order valence-electron chi connectivity index (χ4n) is 5.05. The van der Waals surface area contributed by atoms with Crippen LogP contribution in [0.4, 0.5) is 0 Å². The molecule has 5 rings (SSSR count). The molecule has 25 heavy (non-hydrogen) atoms. The summed E-state index contributed by atoms with van der Waals surface area (Å²) in [4.78, 5) is 28.5. The van der Waals surface area contributed by atoms with Crippen molar-refractivity contribution in [2.75, 3.05) is 26.2 Å². The van der Waals surface area contributed by atoms with Gasteiger partial charge in [-0.25, -0.2) is 0 Å². The van der Waals surface area contributed by atoms with E-state index >= 15 is 0 Å². The molecule has 2 amide bonds. The largest absolute Gasteiger partial charge is 0.508 e. The lowest BCUT2D eigenvalue weighted by atomic mass is 9.75. The van der Waals surface area contributed by atoms with E-state index in [1.54, 1.807) is 6.07 Å². The van der Waals surface area contributed by atoms with Gasteiger partial charge in [-0.15, -0.1) is 0 Å². The number of hydrogen-bond donors (Lipinski definition) is 2. The van der Waals surface area contributed by atoms with Crippen LogP contribution in [0.2, 0.25) is 0 Å². The quantitative estimate of drug-likeness (QED) is 0.856. The van der Waals surface area contributed by atoms with Crippen molar-refractivity contribution in [3.63, 3.8) is 0 Å². The molecule has 0 aliphatic carbocycles. The second-order valence-electron chi connectivity index (χ2n) is 7.51. The van der Waals surface area contributed by atoms with Gasteiger partial charge >= 0.3 is 0 Å². The number of carbonyl (C=O) groups excluding carboxylic acids is 2. The van der Waals surface area contributed by atoms with Gasteiger partial charge in [0.15, 0.2) is 0 Å². The summed E-state index contributed by atoms with van der Waals surface area (Å²) >= 11 is 0. The summed E-state index contributed by atoms with van der Waals surface area (Å²) in [6, 6.07) is 7.96. The SMILES string of the molecule is CC(=O)NCC(=O)N1C[C@H](c2cccc(O)c2)[C@H]2[C@@H]1C1CCN2CC1. The Bertz CT molecular complexity index is 684. The number of benzene rings is 1. The monoisotopic (exact) mass is 343 g/mol. The number of nitrogens with one attached hydrogen (secondary N) is 1. The van der Waals surface area contributed by atoms with Crippen LogP contribution in [0.1, 0.15) is 31.2 Å². The Labute approximate surface area is 147 Å². The maximum absolute atomic E-state index is 12.8. The van der Waals surface area contributed by atoms with Crippen LogP contribution in [-0.4, -0.2) is 65.0 Å². The fourth-order valence-corrected chi connectivity index (χ4v) is 5.05. The molecule has 4 aliphatic rings. The second-order valence-corrected chi connectivity index (χ2v) is 7.51. The Kier molecular flexibility index (Phi) is 4.15. The molecule has 1 aromatic carbocycles. The van der Waals surface area contributed by atoms with Gasteiger partial charge in [-0.1, -0.05) is 12.1 Å². The molecule has 4 fully saturated rings. The molecular weight excluding hydrogens is 318 g/mol. The van der Waals surface area contributed by atoms with Gasteiger partial charge in [-0.3, -0.25) is 14.5 Å². The third-order valence-corrected chi connectivity index (χ3v) is 6.10. The molecular formula is C19H25N3O3. The molecule has 4 saturated heterocycles. The molecule has 0 radical (unpaired) electrons. The average Bonchev–Trinajstić information content (AvgIpc) is 3.03. The van der Waals surface area contributed by atoms with Crippen LogP contribution < -0.4 is 5.32 Å². The summed E-state index contributed by atoms with van der Waals surface area (Å²) in [6.45, 7) is 4.34. The number of nitrogens with zero attached hydrogens (tertiary/aromatic N) is 2. The molecule has 2 N–H and O–H groups in total. The zero-order valence-corrected chi connectivity index (χ0v) is 14.5. The summed E-state index contributed by atoms with van der Waals surface area (Å²) in [5.41, 5.74) is 1.09. The molecule has 134 valence electrons. The minimum absolute atomic E-state index is 0.00148. The number of phenols is 1. The second kappa shape index (κ2) is 6.33. The Morgan fingerprint density at radius 1 is 1.24 bits per heavy atom. The van der Waals surface area contributed by atoms with E-state index in [9.17, 15) is 14.7 Å². The maximum atomic E-state index is 12.8. The number of aromatic hydroxyl groups is 1. The van der Waals surface area contributed by atoms with Crippen molar-refractivity contribution < 1.29 is 14.7 Å². The first-order chi connectivity index (χ1) is 12.0. The number of phenolic OH excluding ortho intramolecular Hbond substituents is 1. The van der Waals surface area contributed by atoms with E-state index in [4.69, 9.17) is 0 Å². The number of likely N-dealkylation sites (tertiary alicyclic amines) is 1. The van der Waals surface area contributed by atoms with Gasteiger partial charge in [0.2, 0.25) is 11.8 Å². The lowest BCUT2D eigenvalue weighted by Gasteiger charge is -2.51. The third-order valence-electron chi connectivity index (χ3n) is 6.10. The van der Waals surface area contributed by atoms with Gasteiger partial charge in [0.1, 0.15) is 5.75 Å². The minimum Gasteiger partial charge on any atom is -0.508 e. The van der Waals surface area contributed by atoms with Crippen molar-refractivity contribution >= 4 is 11.8 Å². The molecule has 6 nitrogen and oxygen atoms in total. The van der Waals surface area contributed by atoms with Crippen LogP contribution in [0.3, 0.4) is 0 Å². The first-order valence-electron chi connectivity index (χ1n) is 9.11. The van der Waals surface area contributed by atoms with Crippen LogP contribution in [0.5, 0.6) is 5.75 Å². The van der Waals surface area contributed by atoms with Crippen molar-refractivity contribution in [3.05, 3.63) is 29.8 Å². The average molecular weight is 343 g/mol. The molecule has 0 unspecified atom stereocenters. The van der Waals surface area contributed by atoms with Crippen LogP contribution in [0, 0.1) is 5.92 Å². The van der Waals surface area contributed by atoms with Crippen LogP contribution in [-0.2, 0) is 9.59 Å². The highest BCUT2D eigenvalue weighted by Gasteiger charge is 2.54. The summed E-state index contributed by atoms with van der Waals surface area (Å²) in [6.07, 6.45) is 2.27. The predicted octanol–water partition coefficient (Wildman–Crippen LogP) is 0.917. The van der Waals surface area contributed by atoms with E-state index in [0.717, 1.165) is 31.5 Å². The van der Waals surface area contributed by atoms with Crippen molar-refractivity contribution in [2.45, 2.75) is 37.8 Å². The van der Waals surface area contributed by atoms with Crippen molar-refractivity contribution in [1.82, 2.24) is 15.1 Å². The Balaban J connectivity index is 1.63. The number of fused-ring (bicyclic) bond motifs is 2. The lowest BCUT2D eigenvalue weighted by molar-refractivity contribution is -0.136. The van der Waals surface area contributed by atoms with Crippen LogP contribution >= 0.6 is 0 Å². The van der Waals surface area contributed by atoms with Crippen LogP contribution in [0.15, 0.2) is 24.3 Å². The van der Waals surface area contributed by atoms with Gasteiger partial charge in [-0.05, 0) is 49.5 Å². The highest BCUT2D eigenvalue weighted by molar-refractivity contribution is 5.84. The minimum atomic E-state index is -0.178. The summed E-state index contributed by atoms with van der Waals surface area (Å²) in [5, 5.41) is 12.5. The molecule has 1 aromatic rings. The number of carbonyl (C=O) groups is 2. The first kappa shape index (κ1) is 16.4. The van der Waals surface area contributed by atoms with Crippen LogP contribution in [0.25, 0.3) is 0 Å². The molecule has 0 spiro atoms. The smallest absolute Gasteiger partial charge is 0.242 e. The standard InChI is InChI=1S/C19H25N3O3/c1-12(23)20-10-17(25)22-11-16(14-3-2-4-15(24)9-14)19-18(22)13-5-7-21(19)8-6-13/h2-4,9,13,16,18-19,24H,5-8,10-11H2,1H3,(H,20,23)/t16-,18+,19+/m1/s1. The van der Waals surface area contributed by atoms with E-state index in [1.807, 2.05) is 23.1 Å². The summed E-state index contributed by atoms with van der Waals surface area (Å²) < 4.78 is 0. The normalized spacial score (nSPS) is 33.2. The van der Waals surface area contributed by atoms with E-state index in [1.165, 1.54) is 6.92 Å². The maximum Gasteiger partial charge on any atom is 0.242 e. The molecule has 0 aromatic heterocycles. The van der Waals surface area contributed by atoms with Gasteiger partial charge < -0.3 is 15.3 Å². The van der Waals surface area contributed by atoms with Crippen molar-refractivity contribution in [2.24, 2.45) is 5.92 Å². The number of piperidine rings is 3. The van der Waals surface area contributed by atoms with Gasteiger partial charge in [0, 0.05) is 25.4 Å². The topological polar surface area (TPSA) is 72.9 Å². The van der Waals surface area contributed by atoms with Crippen molar-refractivity contribution in [1.29, 1.82) is 0 Å². The predicted molar refractivity (Wildman–Crippen MR) is 93.1 cm³/mol. The molecule has 6 heteroatoms. The number of amides is 2. The summed E-state index contributed by atoms with van der Waals surface area (Å²) in [7, 11) is 0. The number of rotatable bonds is 3. The van der Waals surface area contributed by atoms with E-state index in [0.29, 0.717) is 18.5 Å². The van der Waals surface area contributed by atoms with E-state index in [-0.39, 0.29) is 36.1 Å². The first-order valence-corrected chi connectivity index (χ1v) is 9.11. The highest BCUT2D eigenvalue weighted by Crippen LogP contribution is 2.46. The molecule has 4 aliphatic heterocycles.